The van der Waals surface area contributed by atoms with Gasteiger partial charge in [0.2, 0.25) is 0 Å². The molecule has 76 valence electrons. The average Bonchev–Trinajstić information content (AvgIpc) is 2.30. The molecule has 0 bridgehead atoms. The summed E-state index contributed by atoms with van der Waals surface area (Å²) in [5.74, 6) is 0. The lowest BCUT2D eigenvalue weighted by Gasteiger charge is -2.10. The highest BCUT2D eigenvalue weighted by Crippen LogP contribution is 2.25. The van der Waals surface area contributed by atoms with Gasteiger partial charge in [0.15, 0.2) is 0 Å². The smallest absolute Gasteiger partial charge is 0.0690 e. The van der Waals surface area contributed by atoms with E-state index in [1.807, 2.05) is 43.3 Å². The van der Waals surface area contributed by atoms with Crippen LogP contribution in [0.2, 0.25) is 0 Å². The Morgan fingerprint density at radius 1 is 0.933 bits per heavy atom. The summed E-state index contributed by atoms with van der Waals surface area (Å²) in [5.41, 5.74) is 4.44. The Morgan fingerprint density at radius 2 is 1.67 bits per heavy atom. The molecule has 0 spiro atoms. The minimum Gasteiger partial charge on any atom is -0.392 e. The van der Waals surface area contributed by atoms with E-state index in [2.05, 4.69) is 12.1 Å². The van der Waals surface area contributed by atoms with E-state index in [1.54, 1.807) is 0 Å². The van der Waals surface area contributed by atoms with E-state index in [9.17, 15) is 5.11 Å². The second kappa shape index (κ2) is 4.28. The largest absolute Gasteiger partial charge is 0.392 e. The van der Waals surface area contributed by atoms with Crippen LogP contribution >= 0.6 is 0 Å². The first kappa shape index (κ1) is 9.94. The zero-order chi connectivity index (χ0) is 10.7. The van der Waals surface area contributed by atoms with Gasteiger partial charge in [-0.1, -0.05) is 48.5 Å². The van der Waals surface area contributed by atoms with E-state index in [0.29, 0.717) is 0 Å². The molecule has 0 aliphatic rings. The summed E-state index contributed by atoms with van der Waals surface area (Å²) in [6.07, 6.45) is 0. The van der Waals surface area contributed by atoms with Crippen molar-refractivity contribution in [3.63, 3.8) is 0 Å². The summed E-state index contributed by atoms with van der Waals surface area (Å²) in [6, 6.07) is 16.3. The van der Waals surface area contributed by atoms with Gasteiger partial charge in [-0.15, -0.1) is 0 Å². The predicted molar refractivity (Wildman–Crippen MR) is 62.5 cm³/mol. The fraction of sp³-hybridized carbons (Fsp3) is 0.143. The number of aliphatic hydroxyl groups is 1. The van der Waals surface area contributed by atoms with Gasteiger partial charge in [0.25, 0.3) is 0 Å². The summed E-state index contributed by atoms with van der Waals surface area (Å²) >= 11 is 0. The van der Waals surface area contributed by atoms with E-state index in [1.165, 1.54) is 0 Å². The normalized spacial score (nSPS) is 10.3. The van der Waals surface area contributed by atoms with Crippen LogP contribution in [0.15, 0.2) is 48.5 Å². The van der Waals surface area contributed by atoms with E-state index in [-0.39, 0.29) is 6.61 Å². The van der Waals surface area contributed by atoms with Gasteiger partial charge in [-0.2, -0.15) is 0 Å². The maximum absolute atomic E-state index is 9.36. The number of hydrogen-bond acceptors (Lipinski definition) is 1. The summed E-state index contributed by atoms with van der Waals surface area (Å²) in [7, 11) is 0. The monoisotopic (exact) mass is 198 g/mol. The molecular formula is C14H14O. The van der Waals surface area contributed by atoms with Crippen molar-refractivity contribution in [2.24, 2.45) is 0 Å². The highest BCUT2D eigenvalue weighted by atomic mass is 16.3. The second-order valence-corrected chi connectivity index (χ2v) is 3.63. The molecule has 0 unspecified atom stereocenters. The molecule has 0 radical (unpaired) electrons. The standard InChI is InChI=1S/C14H14O/c1-11-6-5-9-13(14(11)10-15)12-7-3-2-4-8-12/h2-9,15H,10H2,1H3. The lowest BCUT2D eigenvalue weighted by atomic mass is 9.97. The molecular weight excluding hydrogens is 184 g/mol. The molecule has 0 saturated heterocycles. The summed E-state index contributed by atoms with van der Waals surface area (Å²) in [6.45, 7) is 2.12. The van der Waals surface area contributed by atoms with Gasteiger partial charge in [-0.25, -0.2) is 0 Å². The maximum atomic E-state index is 9.36. The first-order valence-electron chi connectivity index (χ1n) is 5.07. The fourth-order valence-electron chi connectivity index (χ4n) is 1.80. The van der Waals surface area contributed by atoms with Gasteiger partial charge in [0.05, 0.1) is 6.61 Å². The Morgan fingerprint density at radius 3 is 2.33 bits per heavy atom. The number of hydrogen-bond donors (Lipinski definition) is 1. The molecule has 1 N–H and O–H groups in total. The molecule has 0 amide bonds. The van der Waals surface area contributed by atoms with Crippen molar-refractivity contribution in [1.29, 1.82) is 0 Å². The summed E-state index contributed by atoms with van der Waals surface area (Å²) in [4.78, 5) is 0. The van der Waals surface area contributed by atoms with Crippen molar-refractivity contribution in [2.45, 2.75) is 13.5 Å². The highest BCUT2D eigenvalue weighted by molar-refractivity contribution is 5.68. The molecule has 0 aliphatic heterocycles. The van der Waals surface area contributed by atoms with Crippen LogP contribution in [0.4, 0.5) is 0 Å². The molecule has 2 aromatic rings. The lowest BCUT2D eigenvalue weighted by molar-refractivity contribution is 0.281. The molecule has 0 fully saturated rings. The van der Waals surface area contributed by atoms with Gasteiger partial charge >= 0.3 is 0 Å². The second-order valence-electron chi connectivity index (χ2n) is 3.63. The predicted octanol–water partition coefficient (Wildman–Crippen LogP) is 3.15. The summed E-state index contributed by atoms with van der Waals surface area (Å²) in [5, 5.41) is 9.36. The Hall–Kier alpha value is -1.60. The van der Waals surface area contributed by atoms with Crippen molar-refractivity contribution in [1.82, 2.24) is 0 Å². The molecule has 0 aliphatic carbocycles. The van der Waals surface area contributed by atoms with Crippen LogP contribution in [0, 0.1) is 6.92 Å². The molecule has 0 atom stereocenters. The van der Waals surface area contributed by atoms with Gasteiger partial charge in [0, 0.05) is 0 Å². The quantitative estimate of drug-likeness (QED) is 0.786. The van der Waals surface area contributed by atoms with Crippen LogP contribution in [-0.2, 0) is 6.61 Å². The average molecular weight is 198 g/mol. The third-order valence-electron chi connectivity index (χ3n) is 2.65. The molecule has 2 aromatic carbocycles. The van der Waals surface area contributed by atoms with Crippen LogP contribution in [-0.4, -0.2) is 5.11 Å². The minimum absolute atomic E-state index is 0.0941. The van der Waals surface area contributed by atoms with Gasteiger partial charge in [0.1, 0.15) is 0 Å². The van der Waals surface area contributed by atoms with Crippen molar-refractivity contribution in [3.8, 4) is 11.1 Å². The topological polar surface area (TPSA) is 20.2 Å². The molecule has 0 heterocycles. The van der Waals surface area contributed by atoms with Crippen LogP contribution in [0.5, 0.6) is 0 Å². The van der Waals surface area contributed by atoms with Crippen LogP contribution < -0.4 is 0 Å². The Labute approximate surface area is 90.0 Å². The van der Waals surface area contributed by atoms with E-state index in [4.69, 9.17) is 0 Å². The third-order valence-corrected chi connectivity index (χ3v) is 2.65. The van der Waals surface area contributed by atoms with Crippen LogP contribution in [0.3, 0.4) is 0 Å². The van der Waals surface area contributed by atoms with Crippen molar-refractivity contribution in [2.75, 3.05) is 0 Å². The summed E-state index contributed by atoms with van der Waals surface area (Å²) < 4.78 is 0. The molecule has 15 heavy (non-hydrogen) atoms. The fourth-order valence-corrected chi connectivity index (χ4v) is 1.80. The lowest BCUT2D eigenvalue weighted by Crippen LogP contribution is -1.92. The molecule has 2 rings (SSSR count). The minimum atomic E-state index is 0.0941. The Kier molecular flexibility index (Phi) is 2.84. The SMILES string of the molecule is Cc1cccc(-c2ccccc2)c1CO. The van der Waals surface area contributed by atoms with E-state index in [0.717, 1.165) is 22.3 Å². The van der Waals surface area contributed by atoms with Crippen LogP contribution in [0.1, 0.15) is 11.1 Å². The zero-order valence-corrected chi connectivity index (χ0v) is 8.77. The van der Waals surface area contributed by atoms with Crippen molar-refractivity contribution in [3.05, 3.63) is 59.7 Å². The molecule has 0 saturated carbocycles. The van der Waals surface area contributed by atoms with Gasteiger partial charge in [-0.3, -0.25) is 0 Å². The molecule has 0 aromatic heterocycles. The van der Waals surface area contributed by atoms with E-state index >= 15 is 0 Å². The Balaban J connectivity index is 2.58. The first-order valence-corrected chi connectivity index (χ1v) is 5.07. The van der Waals surface area contributed by atoms with Gasteiger partial charge < -0.3 is 5.11 Å². The molecule has 1 heteroatoms. The number of benzene rings is 2. The number of rotatable bonds is 2. The Bertz CT molecular complexity index is 446. The van der Waals surface area contributed by atoms with Gasteiger partial charge in [-0.05, 0) is 29.2 Å². The van der Waals surface area contributed by atoms with Crippen molar-refractivity contribution < 1.29 is 5.11 Å². The van der Waals surface area contributed by atoms with Crippen molar-refractivity contribution >= 4 is 0 Å². The third kappa shape index (κ3) is 1.92. The zero-order valence-electron chi connectivity index (χ0n) is 8.77. The number of aliphatic hydroxyl groups excluding tert-OH is 1. The number of aryl methyl sites for hydroxylation is 1. The highest BCUT2D eigenvalue weighted by Gasteiger charge is 2.05. The van der Waals surface area contributed by atoms with E-state index < -0.39 is 0 Å². The maximum Gasteiger partial charge on any atom is 0.0690 e. The first-order chi connectivity index (χ1) is 7.33. The molecule has 1 nitrogen and oxygen atoms in total. The van der Waals surface area contributed by atoms with Crippen LogP contribution in [0.25, 0.3) is 11.1 Å².